The van der Waals surface area contributed by atoms with Gasteiger partial charge in [-0.2, -0.15) is 0 Å². The van der Waals surface area contributed by atoms with E-state index in [0.29, 0.717) is 23.4 Å². The Kier molecular flexibility index (Phi) is 7.00. The molecule has 0 aromatic heterocycles. The van der Waals surface area contributed by atoms with E-state index in [0.717, 1.165) is 17.7 Å². The van der Waals surface area contributed by atoms with Crippen molar-refractivity contribution in [1.29, 1.82) is 0 Å². The predicted octanol–water partition coefficient (Wildman–Crippen LogP) is 3.66. The maximum Gasteiger partial charge on any atom is 0.257 e. The largest absolute Gasteiger partial charge is 0.497 e. The van der Waals surface area contributed by atoms with Gasteiger partial charge in [-0.3, -0.25) is 9.59 Å². The fourth-order valence-electron chi connectivity index (χ4n) is 2.80. The molecule has 0 aliphatic heterocycles. The zero-order valence-corrected chi connectivity index (χ0v) is 16.3. The summed E-state index contributed by atoms with van der Waals surface area (Å²) >= 11 is 0. The van der Waals surface area contributed by atoms with E-state index in [-0.39, 0.29) is 18.3 Å². The normalized spacial score (nSPS) is 10.2. The average molecular weight is 389 g/mol. The molecule has 1 N–H and O–H groups in total. The molecule has 0 heterocycles. The van der Waals surface area contributed by atoms with Crippen LogP contribution < -0.4 is 14.8 Å². The molecular formula is C24H23NO4. The molecule has 1 amide bonds. The Hall–Kier alpha value is -3.60. The Morgan fingerprint density at radius 3 is 2.07 bits per heavy atom. The van der Waals surface area contributed by atoms with Crippen LogP contribution in [0.1, 0.15) is 21.5 Å². The molecule has 0 fully saturated rings. The highest BCUT2D eigenvalue weighted by atomic mass is 16.5. The summed E-state index contributed by atoms with van der Waals surface area (Å²) in [6, 6.07) is 23.6. The second-order valence-corrected chi connectivity index (χ2v) is 6.46. The molecule has 0 unspecified atom stereocenters. The van der Waals surface area contributed by atoms with Gasteiger partial charge < -0.3 is 14.8 Å². The standard InChI is InChI=1S/C24H23NO4/c1-28-21-11-7-18(8-12-21)15-16-25-23(26)17-29-22-13-9-20(10-14-22)24(27)19-5-3-2-4-6-19/h2-14H,15-17H2,1H3,(H,25,26). The second kappa shape index (κ2) is 10.1. The fourth-order valence-corrected chi connectivity index (χ4v) is 2.80. The van der Waals surface area contributed by atoms with E-state index in [2.05, 4.69) is 5.32 Å². The number of ether oxygens (including phenoxy) is 2. The van der Waals surface area contributed by atoms with Crippen LogP contribution in [-0.4, -0.2) is 32.0 Å². The summed E-state index contributed by atoms with van der Waals surface area (Å²) in [5.74, 6) is 1.11. The Morgan fingerprint density at radius 2 is 1.41 bits per heavy atom. The Morgan fingerprint density at radius 1 is 0.793 bits per heavy atom. The van der Waals surface area contributed by atoms with E-state index in [9.17, 15) is 9.59 Å². The quantitative estimate of drug-likeness (QED) is 0.567. The number of hydrogen-bond donors (Lipinski definition) is 1. The summed E-state index contributed by atoms with van der Waals surface area (Å²) in [7, 11) is 1.63. The molecule has 0 saturated heterocycles. The third-order valence-electron chi connectivity index (χ3n) is 4.42. The first-order valence-corrected chi connectivity index (χ1v) is 9.38. The number of amides is 1. The van der Waals surface area contributed by atoms with Crippen molar-refractivity contribution in [1.82, 2.24) is 5.32 Å². The molecular weight excluding hydrogens is 366 g/mol. The van der Waals surface area contributed by atoms with Crippen LogP contribution in [0.4, 0.5) is 0 Å². The maximum atomic E-state index is 12.4. The topological polar surface area (TPSA) is 64.6 Å². The molecule has 3 aromatic carbocycles. The first-order chi connectivity index (χ1) is 14.2. The zero-order valence-electron chi connectivity index (χ0n) is 16.3. The van der Waals surface area contributed by atoms with Crippen LogP contribution in [-0.2, 0) is 11.2 Å². The molecule has 0 atom stereocenters. The number of carbonyl (C=O) groups is 2. The highest BCUT2D eigenvalue weighted by Crippen LogP contribution is 2.15. The SMILES string of the molecule is COc1ccc(CCNC(=O)COc2ccc(C(=O)c3ccccc3)cc2)cc1. The molecule has 3 aromatic rings. The monoisotopic (exact) mass is 389 g/mol. The van der Waals surface area contributed by atoms with E-state index in [1.54, 1.807) is 43.5 Å². The van der Waals surface area contributed by atoms with E-state index in [4.69, 9.17) is 9.47 Å². The lowest BCUT2D eigenvalue weighted by atomic mass is 10.0. The fraction of sp³-hybridized carbons (Fsp3) is 0.167. The van der Waals surface area contributed by atoms with Gasteiger partial charge in [0.25, 0.3) is 5.91 Å². The summed E-state index contributed by atoms with van der Waals surface area (Å²) in [4.78, 5) is 24.3. The number of carbonyl (C=O) groups excluding carboxylic acids is 2. The van der Waals surface area contributed by atoms with Gasteiger partial charge in [-0.25, -0.2) is 0 Å². The van der Waals surface area contributed by atoms with Crippen molar-refractivity contribution in [3.8, 4) is 11.5 Å². The van der Waals surface area contributed by atoms with Gasteiger partial charge in [0.15, 0.2) is 12.4 Å². The molecule has 29 heavy (non-hydrogen) atoms. The van der Waals surface area contributed by atoms with Crippen LogP contribution in [0.25, 0.3) is 0 Å². The van der Waals surface area contributed by atoms with Gasteiger partial charge in [0.05, 0.1) is 7.11 Å². The highest BCUT2D eigenvalue weighted by Gasteiger charge is 2.09. The van der Waals surface area contributed by atoms with Gasteiger partial charge in [-0.15, -0.1) is 0 Å². The van der Waals surface area contributed by atoms with Crippen LogP contribution in [0.5, 0.6) is 11.5 Å². The molecule has 0 aliphatic rings. The number of methoxy groups -OCH3 is 1. The van der Waals surface area contributed by atoms with Crippen molar-refractivity contribution >= 4 is 11.7 Å². The van der Waals surface area contributed by atoms with Gasteiger partial charge in [0.1, 0.15) is 11.5 Å². The Bertz CT molecular complexity index is 935. The minimum absolute atomic E-state index is 0.0478. The van der Waals surface area contributed by atoms with Gasteiger partial charge in [0.2, 0.25) is 0 Å². The van der Waals surface area contributed by atoms with Crippen molar-refractivity contribution in [3.63, 3.8) is 0 Å². The van der Waals surface area contributed by atoms with E-state index in [1.165, 1.54) is 0 Å². The molecule has 3 rings (SSSR count). The Labute approximate surface area is 170 Å². The number of ketones is 1. The molecule has 0 saturated carbocycles. The van der Waals surface area contributed by atoms with Crippen molar-refractivity contribution in [2.75, 3.05) is 20.3 Å². The van der Waals surface area contributed by atoms with Crippen molar-refractivity contribution in [2.24, 2.45) is 0 Å². The third kappa shape index (κ3) is 5.94. The lowest BCUT2D eigenvalue weighted by molar-refractivity contribution is -0.123. The van der Waals surface area contributed by atoms with Crippen molar-refractivity contribution < 1.29 is 19.1 Å². The average Bonchev–Trinajstić information content (AvgIpc) is 2.78. The van der Waals surface area contributed by atoms with Gasteiger partial charge in [0, 0.05) is 17.7 Å². The summed E-state index contributed by atoms with van der Waals surface area (Å²) < 4.78 is 10.6. The number of hydrogen-bond acceptors (Lipinski definition) is 4. The molecule has 0 aliphatic carbocycles. The predicted molar refractivity (Wildman–Crippen MR) is 112 cm³/mol. The summed E-state index contributed by atoms with van der Waals surface area (Å²) in [6.07, 6.45) is 0.728. The van der Waals surface area contributed by atoms with Gasteiger partial charge >= 0.3 is 0 Å². The Balaban J connectivity index is 1.42. The van der Waals surface area contributed by atoms with Crippen LogP contribution in [0.3, 0.4) is 0 Å². The second-order valence-electron chi connectivity index (χ2n) is 6.46. The third-order valence-corrected chi connectivity index (χ3v) is 4.42. The zero-order chi connectivity index (χ0) is 20.5. The van der Waals surface area contributed by atoms with Crippen molar-refractivity contribution in [2.45, 2.75) is 6.42 Å². The summed E-state index contributed by atoms with van der Waals surface area (Å²) in [5.41, 5.74) is 2.33. The minimum Gasteiger partial charge on any atom is -0.497 e. The van der Waals surface area contributed by atoms with Crippen LogP contribution in [0, 0.1) is 0 Å². The molecule has 0 spiro atoms. The van der Waals surface area contributed by atoms with Gasteiger partial charge in [-0.05, 0) is 48.4 Å². The lowest BCUT2D eigenvalue weighted by Gasteiger charge is -2.09. The first-order valence-electron chi connectivity index (χ1n) is 9.38. The number of nitrogens with one attached hydrogen (secondary N) is 1. The molecule has 5 nitrogen and oxygen atoms in total. The lowest BCUT2D eigenvalue weighted by Crippen LogP contribution is -2.30. The minimum atomic E-state index is -0.192. The maximum absolute atomic E-state index is 12.4. The van der Waals surface area contributed by atoms with Crippen LogP contribution >= 0.6 is 0 Å². The highest BCUT2D eigenvalue weighted by molar-refractivity contribution is 6.08. The molecule has 0 bridgehead atoms. The van der Waals surface area contributed by atoms with E-state index in [1.807, 2.05) is 42.5 Å². The first kappa shape index (κ1) is 20.1. The molecule has 148 valence electrons. The summed E-state index contributed by atoms with van der Waals surface area (Å²) in [6.45, 7) is 0.452. The summed E-state index contributed by atoms with van der Waals surface area (Å²) in [5, 5.41) is 2.83. The smallest absolute Gasteiger partial charge is 0.257 e. The molecule has 5 heteroatoms. The van der Waals surface area contributed by atoms with E-state index >= 15 is 0 Å². The van der Waals surface area contributed by atoms with Crippen LogP contribution in [0.15, 0.2) is 78.9 Å². The number of rotatable bonds is 9. The van der Waals surface area contributed by atoms with Crippen LogP contribution in [0.2, 0.25) is 0 Å². The molecule has 0 radical (unpaired) electrons. The van der Waals surface area contributed by atoms with Gasteiger partial charge in [-0.1, -0.05) is 42.5 Å². The van der Waals surface area contributed by atoms with E-state index < -0.39 is 0 Å². The number of benzene rings is 3. The van der Waals surface area contributed by atoms with Crippen molar-refractivity contribution in [3.05, 3.63) is 95.6 Å².